The Morgan fingerprint density at radius 3 is 2.23 bits per heavy atom. The SMILES string of the molecule is Cn1cnc(S(=O)(=O)N2C[C@H]3CN(Cc4ccccn4)C[C@H]3C2)c1.O=C(O)C(F)(F)F. The van der Waals surface area contributed by atoms with Crippen molar-refractivity contribution in [3.8, 4) is 0 Å². The zero-order valence-corrected chi connectivity index (χ0v) is 17.4. The second kappa shape index (κ2) is 8.93. The molecule has 0 unspecified atom stereocenters. The van der Waals surface area contributed by atoms with E-state index in [9.17, 15) is 21.6 Å². The fourth-order valence-electron chi connectivity index (χ4n) is 3.75. The molecule has 0 amide bonds. The number of rotatable bonds is 4. The maximum atomic E-state index is 12.7. The molecule has 4 heterocycles. The van der Waals surface area contributed by atoms with E-state index in [1.165, 1.54) is 6.33 Å². The summed E-state index contributed by atoms with van der Waals surface area (Å²) in [5, 5.41) is 7.27. The molecule has 0 spiro atoms. The second-order valence-electron chi connectivity index (χ2n) is 7.54. The summed E-state index contributed by atoms with van der Waals surface area (Å²) in [4.78, 5) is 19.7. The van der Waals surface area contributed by atoms with Gasteiger partial charge in [0, 0.05) is 52.2 Å². The van der Waals surface area contributed by atoms with E-state index in [-0.39, 0.29) is 5.03 Å². The Kier molecular flexibility index (Phi) is 6.67. The predicted molar refractivity (Wildman–Crippen MR) is 102 cm³/mol. The number of nitrogens with zero attached hydrogens (tertiary/aromatic N) is 5. The summed E-state index contributed by atoms with van der Waals surface area (Å²) in [5.41, 5.74) is 1.07. The molecule has 31 heavy (non-hydrogen) atoms. The monoisotopic (exact) mass is 461 g/mol. The lowest BCUT2D eigenvalue weighted by atomic mass is 10.0. The normalized spacial score (nSPS) is 22.1. The van der Waals surface area contributed by atoms with Gasteiger partial charge in [-0.15, -0.1) is 0 Å². The average molecular weight is 461 g/mol. The van der Waals surface area contributed by atoms with Gasteiger partial charge in [0.25, 0.3) is 10.0 Å². The number of hydrogen-bond acceptors (Lipinski definition) is 6. The van der Waals surface area contributed by atoms with Crippen molar-refractivity contribution in [3.05, 3.63) is 42.6 Å². The standard InChI is InChI=1S/C16H21N5O2S.C2HF3O2/c1-19-11-16(18-12-19)24(22,23)21-8-13-6-20(7-14(13)9-21)10-15-4-2-3-5-17-15;3-2(4,5)1(6)7/h2-5,11-14H,6-10H2,1H3;(H,6,7)/t13-,14+;. The van der Waals surface area contributed by atoms with Crippen LogP contribution >= 0.6 is 0 Å². The lowest BCUT2D eigenvalue weighted by Gasteiger charge is -2.20. The third-order valence-electron chi connectivity index (χ3n) is 5.17. The number of carbonyl (C=O) groups is 1. The molecule has 2 aliphatic rings. The lowest BCUT2D eigenvalue weighted by Crippen LogP contribution is -2.33. The smallest absolute Gasteiger partial charge is 0.475 e. The Labute approximate surface area is 177 Å². The van der Waals surface area contributed by atoms with Crippen LogP contribution in [0, 0.1) is 11.8 Å². The Bertz CT molecular complexity index is 999. The minimum Gasteiger partial charge on any atom is -0.475 e. The number of sulfonamides is 1. The Morgan fingerprint density at radius 1 is 1.16 bits per heavy atom. The molecule has 13 heteroatoms. The van der Waals surface area contributed by atoms with Gasteiger partial charge in [-0.25, -0.2) is 18.2 Å². The van der Waals surface area contributed by atoms with E-state index in [1.807, 2.05) is 24.4 Å². The van der Waals surface area contributed by atoms with Crippen molar-refractivity contribution >= 4 is 16.0 Å². The molecular weight excluding hydrogens is 439 g/mol. The summed E-state index contributed by atoms with van der Waals surface area (Å²) < 4.78 is 60.4. The highest BCUT2D eigenvalue weighted by Crippen LogP contribution is 2.34. The third-order valence-corrected chi connectivity index (χ3v) is 6.89. The maximum absolute atomic E-state index is 12.7. The van der Waals surface area contributed by atoms with Crippen LogP contribution in [0.2, 0.25) is 0 Å². The van der Waals surface area contributed by atoms with Crippen LogP contribution in [0.15, 0.2) is 41.9 Å². The van der Waals surface area contributed by atoms with Crippen molar-refractivity contribution in [1.82, 2.24) is 23.7 Å². The highest BCUT2D eigenvalue weighted by molar-refractivity contribution is 7.89. The molecule has 0 saturated carbocycles. The summed E-state index contributed by atoms with van der Waals surface area (Å²) in [7, 11) is -1.69. The molecule has 0 radical (unpaired) electrons. The van der Waals surface area contributed by atoms with Crippen molar-refractivity contribution in [3.63, 3.8) is 0 Å². The van der Waals surface area contributed by atoms with Crippen LogP contribution in [0.25, 0.3) is 0 Å². The molecule has 0 aromatic carbocycles. The molecule has 2 aromatic rings. The van der Waals surface area contributed by atoms with Crippen LogP contribution < -0.4 is 0 Å². The molecule has 170 valence electrons. The number of fused-ring (bicyclic) bond motifs is 1. The van der Waals surface area contributed by atoms with Gasteiger partial charge in [0.1, 0.15) is 0 Å². The summed E-state index contributed by atoms with van der Waals surface area (Å²) in [6, 6.07) is 5.95. The molecular formula is C18H22F3N5O4S. The third kappa shape index (κ3) is 5.60. The van der Waals surface area contributed by atoms with Crippen LogP contribution in [-0.4, -0.2) is 75.6 Å². The number of aromatic nitrogens is 3. The number of alkyl halides is 3. The Hall–Kier alpha value is -2.51. The number of hydrogen-bond donors (Lipinski definition) is 1. The first kappa shape index (κ1) is 23.2. The minimum absolute atomic E-state index is 0.148. The van der Waals surface area contributed by atoms with Gasteiger partial charge in [-0.1, -0.05) is 6.07 Å². The molecule has 2 aromatic heterocycles. The molecule has 0 bridgehead atoms. The largest absolute Gasteiger partial charge is 0.490 e. The fourth-order valence-corrected chi connectivity index (χ4v) is 5.27. The van der Waals surface area contributed by atoms with Crippen molar-refractivity contribution in [2.75, 3.05) is 26.2 Å². The fraction of sp³-hybridized carbons (Fsp3) is 0.500. The topological polar surface area (TPSA) is 109 Å². The van der Waals surface area contributed by atoms with Gasteiger partial charge in [0.15, 0.2) is 5.03 Å². The van der Waals surface area contributed by atoms with Gasteiger partial charge in [0.05, 0.1) is 12.0 Å². The van der Waals surface area contributed by atoms with Crippen LogP contribution in [0.4, 0.5) is 13.2 Å². The number of likely N-dealkylation sites (tertiary alicyclic amines) is 1. The number of aliphatic carboxylic acids is 1. The van der Waals surface area contributed by atoms with Crippen LogP contribution in [-0.2, 0) is 28.4 Å². The first-order chi connectivity index (χ1) is 14.5. The maximum Gasteiger partial charge on any atom is 0.490 e. The number of halogens is 3. The van der Waals surface area contributed by atoms with Crippen LogP contribution in [0.5, 0.6) is 0 Å². The number of carboxylic acid groups (broad SMARTS) is 1. The minimum atomic E-state index is -5.08. The zero-order chi connectivity index (χ0) is 22.8. The van der Waals surface area contributed by atoms with E-state index in [4.69, 9.17) is 9.90 Å². The van der Waals surface area contributed by atoms with Gasteiger partial charge in [-0.2, -0.15) is 17.5 Å². The summed E-state index contributed by atoms with van der Waals surface area (Å²) in [6.45, 7) is 3.86. The first-order valence-corrected chi connectivity index (χ1v) is 10.8. The number of carboxylic acids is 1. The van der Waals surface area contributed by atoms with E-state index in [2.05, 4.69) is 14.9 Å². The molecule has 2 atom stereocenters. The van der Waals surface area contributed by atoms with Gasteiger partial charge in [0.2, 0.25) is 0 Å². The first-order valence-electron chi connectivity index (χ1n) is 9.37. The van der Waals surface area contributed by atoms with Gasteiger partial charge in [-0.05, 0) is 24.0 Å². The van der Waals surface area contributed by atoms with Gasteiger partial charge in [-0.3, -0.25) is 9.88 Å². The predicted octanol–water partition coefficient (Wildman–Crippen LogP) is 1.20. The van der Waals surface area contributed by atoms with E-state index in [1.54, 1.807) is 22.1 Å². The molecule has 4 rings (SSSR count). The van der Waals surface area contributed by atoms with Crippen molar-refractivity contribution < 1.29 is 31.5 Å². The average Bonchev–Trinajstić information content (AvgIpc) is 3.37. The molecule has 0 aliphatic carbocycles. The van der Waals surface area contributed by atoms with Crippen molar-refractivity contribution in [1.29, 1.82) is 0 Å². The number of pyridine rings is 1. The second-order valence-corrected chi connectivity index (χ2v) is 9.42. The summed E-state index contributed by atoms with van der Waals surface area (Å²) in [5.74, 6) is -1.97. The molecule has 2 fully saturated rings. The quantitative estimate of drug-likeness (QED) is 0.729. The number of aryl methyl sites for hydroxylation is 1. The van der Waals surface area contributed by atoms with Crippen molar-refractivity contribution in [2.24, 2.45) is 18.9 Å². The van der Waals surface area contributed by atoms with E-state index < -0.39 is 22.2 Å². The van der Waals surface area contributed by atoms with Crippen LogP contribution in [0.1, 0.15) is 5.69 Å². The van der Waals surface area contributed by atoms with Gasteiger partial charge >= 0.3 is 12.1 Å². The lowest BCUT2D eigenvalue weighted by molar-refractivity contribution is -0.192. The molecule has 1 N–H and O–H groups in total. The highest BCUT2D eigenvalue weighted by Gasteiger charge is 2.44. The van der Waals surface area contributed by atoms with Crippen molar-refractivity contribution in [2.45, 2.75) is 17.7 Å². The molecule has 9 nitrogen and oxygen atoms in total. The van der Waals surface area contributed by atoms with E-state index in [0.29, 0.717) is 24.9 Å². The number of imidazole rings is 1. The zero-order valence-electron chi connectivity index (χ0n) is 16.6. The Morgan fingerprint density at radius 2 is 1.77 bits per heavy atom. The van der Waals surface area contributed by atoms with Gasteiger partial charge < -0.3 is 9.67 Å². The highest BCUT2D eigenvalue weighted by atomic mass is 32.2. The molecule has 2 aliphatic heterocycles. The van der Waals surface area contributed by atoms with E-state index in [0.717, 1.165) is 25.3 Å². The molecule has 2 saturated heterocycles. The summed E-state index contributed by atoms with van der Waals surface area (Å²) in [6.07, 6.45) is -0.178. The Balaban J connectivity index is 0.000000339. The summed E-state index contributed by atoms with van der Waals surface area (Å²) >= 11 is 0. The van der Waals surface area contributed by atoms with E-state index >= 15 is 0 Å². The van der Waals surface area contributed by atoms with Crippen LogP contribution in [0.3, 0.4) is 0 Å².